The van der Waals surface area contributed by atoms with Crippen LogP contribution in [-0.2, 0) is 10.2 Å². The Hall–Kier alpha value is -1.27. The fraction of sp³-hybridized carbons (Fsp3) is 0.333. The van der Waals surface area contributed by atoms with Crippen molar-refractivity contribution in [3.63, 3.8) is 0 Å². The van der Waals surface area contributed by atoms with E-state index in [1.54, 1.807) is 6.07 Å². The number of amides is 1. The molecule has 0 saturated heterocycles. The predicted molar refractivity (Wildman–Crippen MR) is 88.7 cm³/mol. The van der Waals surface area contributed by atoms with E-state index >= 15 is 0 Å². The summed E-state index contributed by atoms with van der Waals surface area (Å²) < 4.78 is 6.15. The second kappa shape index (κ2) is 6.66. The Morgan fingerprint density at radius 1 is 1.33 bits per heavy atom. The molecule has 1 amide bonds. The minimum absolute atomic E-state index is 0.0986. The number of aromatic nitrogens is 1. The minimum atomic E-state index is -0.112. The number of anilines is 1. The van der Waals surface area contributed by atoms with E-state index in [1.807, 2.05) is 45.0 Å². The molecule has 2 rings (SSSR count). The molecule has 112 valence electrons. The number of nitrogens with zero attached hydrogens (tertiary/aromatic N) is 1. The van der Waals surface area contributed by atoms with E-state index in [2.05, 4.69) is 26.4 Å². The molecule has 0 saturated carbocycles. The molecule has 2 aromatic rings. The zero-order valence-electron chi connectivity index (χ0n) is 12.1. The quantitative estimate of drug-likeness (QED) is 0.809. The van der Waals surface area contributed by atoms with Gasteiger partial charge < -0.3 is 4.52 Å². The van der Waals surface area contributed by atoms with Crippen molar-refractivity contribution < 1.29 is 9.32 Å². The highest BCUT2D eigenvalue weighted by molar-refractivity contribution is 9.10. The van der Waals surface area contributed by atoms with Gasteiger partial charge in [-0.3, -0.25) is 10.1 Å². The first-order valence-corrected chi connectivity index (χ1v) is 8.28. The molecule has 1 N–H and O–H groups in total. The smallest absolute Gasteiger partial charge is 0.237 e. The summed E-state index contributed by atoms with van der Waals surface area (Å²) in [6.07, 6.45) is 0. The van der Waals surface area contributed by atoms with Crippen LogP contribution in [0, 0.1) is 0 Å². The highest BCUT2D eigenvalue weighted by Crippen LogP contribution is 2.24. The standard InChI is InChI=1S/C15H17BrN2O2S/c1-15(2,3)12-8-14(20-18-12)17-13(19)9-21-11-6-4-10(16)5-7-11/h4-8H,9H2,1-3H3,(H,17,19). The predicted octanol–water partition coefficient (Wildman–Crippen LogP) is 4.47. The SMILES string of the molecule is CC(C)(C)c1cc(NC(=O)CSc2ccc(Br)cc2)on1. The molecule has 1 aromatic carbocycles. The summed E-state index contributed by atoms with van der Waals surface area (Å²) in [5.41, 5.74) is 0.719. The largest absolute Gasteiger partial charge is 0.338 e. The van der Waals surface area contributed by atoms with Gasteiger partial charge in [0.2, 0.25) is 11.8 Å². The highest BCUT2D eigenvalue weighted by atomic mass is 79.9. The third-order valence-electron chi connectivity index (χ3n) is 2.72. The van der Waals surface area contributed by atoms with Gasteiger partial charge in [-0.25, -0.2) is 0 Å². The molecule has 6 heteroatoms. The third kappa shape index (κ3) is 4.89. The first-order valence-electron chi connectivity index (χ1n) is 6.50. The Morgan fingerprint density at radius 2 is 2.00 bits per heavy atom. The van der Waals surface area contributed by atoms with Crippen LogP contribution in [-0.4, -0.2) is 16.8 Å². The summed E-state index contributed by atoms with van der Waals surface area (Å²) in [6.45, 7) is 6.12. The Morgan fingerprint density at radius 3 is 2.57 bits per heavy atom. The van der Waals surface area contributed by atoms with Gasteiger partial charge in [-0.1, -0.05) is 41.9 Å². The molecule has 21 heavy (non-hydrogen) atoms. The number of rotatable bonds is 4. The van der Waals surface area contributed by atoms with E-state index in [-0.39, 0.29) is 11.3 Å². The van der Waals surface area contributed by atoms with Crippen molar-refractivity contribution in [2.75, 3.05) is 11.1 Å². The lowest BCUT2D eigenvalue weighted by Crippen LogP contribution is -2.14. The van der Waals surface area contributed by atoms with E-state index in [0.29, 0.717) is 11.6 Å². The summed E-state index contributed by atoms with van der Waals surface area (Å²) in [5, 5.41) is 6.68. The molecule has 0 aliphatic heterocycles. The van der Waals surface area contributed by atoms with Gasteiger partial charge in [0.05, 0.1) is 11.4 Å². The van der Waals surface area contributed by atoms with Crippen molar-refractivity contribution in [2.24, 2.45) is 0 Å². The van der Waals surface area contributed by atoms with Crippen molar-refractivity contribution in [1.29, 1.82) is 0 Å². The summed E-state index contributed by atoms with van der Waals surface area (Å²) >= 11 is 4.85. The number of thioether (sulfide) groups is 1. The van der Waals surface area contributed by atoms with Gasteiger partial charge in [0.1, 0.15) is 0 Å². The fourth-order valence-corrected chi connectivity index (χ4v) is 2.50. The van der Waals surface area contributed by atoms with Crippen molar-refractivity contribution >= 4 is 39.5 Å². The van der Waals surface area contributed by atoms with Gasteiger partial charge in [-0.2, -0.15) is 0 Å². The lowest BCUT2D eigenvalue weighted by Gasteiger charge is -2.12. The highest BCUT2D eigenvalue weighted by Gasteiger charge is 2.19. The van der Waals surface area contributed by atoms with Crippen molar-refractivity contribution in [3.05, 3.63) is 40.5 Å². The van der Waals surface area contributed by atoms with Gasteiger partial charge >= 0.3 is 0 Å². The molecular formula is C15H17BrN2O2S. The Kier molecular flexibility index (Phi) is 5.11. The second-order valence-electron chi connectivity index (χ2n) is 5.62. The molecule has 1 heterocycles. The number of carbonyl (C=O) groups excluding carboxylic acids is 1. The first-order chi connectivity index (χ1) is 9.84. The lowest BCUT2D eigenvalue weighted by molar-refractivity contribution is -0.113. The van der Waals surface area contributed by atoms with Crippen molar-refractivity contribution in [2.45, 2.75) is 31.1 Å². The van der Waals surface area contributed by atoms with Gasteiger partial charge in [-0.05, 0) is 24.3 Å². The van der Waals surface area contributed by atoms with Crippen LogP contribution in [0.3, 0.4) is 0 Å². The number of benzene rings is 1. The van der Waals surface area contributed by atoms with Crippen LogP contribution in [0.5, 0.6) is 0 Å². The van der Waals surface area contributed by atoms with Crippen LogP contribution in [0.25, 0.3) is 0 Å². The maximum atomic E-state index is 11.9. The molecule has 0 unspecified atom stereocenters. The van der Waals surface area contributed by atoms with Gasteiger partial charge in [0.15, 0.2) is 0 Å². The van der Waals surface area contributed by atoms with Gasteiger partial charge in [0, 0.05) is 20.8 Å². The number of halogens is 1. The van der Waals surface area contributed by atoms with E-state index < -0.39 is 0 Å². The molecule has 4 nitrogen and oxygen atoms in total. The van der Waals surface area contributed by atoms with E-state index in [9.17, 15) is 4.79 Å². The number of hydrogen-bond donors (Lipinski definition) is 1. The number of nitrogens with one attached hydrogen (secondary N) is 1. The van der Waals surface area contributed by atoms with E-state index in [1.165, 1.54) is 11.8 Å². The van der Waals surface area contributed by atoms with Crippen LogP contribution in [0.2, 0.25) is 0 Å². The maximum absolute atomic E-state index is 11.9. The summed E-state index contributed by atoms with van der Waals surface area (Å²) in [5.74, 6) is 0.605. The topological polar surface area (TPSA) is 55.1 Å². The molecule has 1 aromatic heterocycles. The molecule has 0 spiro atoms. The molecule has 0 bridgehead atoms. The zero-order valence-corrected chi connectivity index (χ0v) is 14.5. The normalized spacial score (nSPS) is 11.4. The lowest BCUT2D eigenvalue weighted by atomic mass is 9.92. The second-order valence-corrected chi connectivity index (χ2v) is 7.58. The molecule has 0 fully saturated rings. The first kappa shape index (κ1) is 16.1. The summed E-state index contributed by atoms with van der Waals surface area (Å²) in [6, 6.07) is 9.60. The third-order valence-corrected chi connectivity index (χ3v) is 4.27. The average molecular weight is 369 g/mol. The Balaban J connectivity index is 1.87. The van der Waals surface area contributed by atoms with Crippen LogP contribution >= 0.6 is 27.7 Å². The summed E-state index contributed by atoms with van der Waals surface area (Å²) in [7, 11) is 0. The van der Waals surface area contributed by atoms with Crippen LogP contribution in [0.1, 0.15) is 26.5 Å². The minimum Gasteiger partial charge on any atom is -0.338 e. The Labute approximate surface area is 136 Å². The van der Waals surface area contributed by atoms with Crippen LogP contribution in [0.15, 0.2) is 44.2 Å². The maximum Gasteiger partial charge on any atom is 0.237 e. The molecule has 0 aliphatic carbocycles. The molecule has 0 aliphatic rings. The number of carbonyl (C=O) groups is 1. The Bertz CT molecular complexity index is 617. The van der Waals surface area contributed by atoms with E-state index in [0.717, 1.165) is 15.1 Å². The number of hydrogen-bond acceptors (Lipinski definition) is 4. The molecule has 0 atom stereocenters. The average Bonchev–Trinajstić information content (AvgIpc) is 2.86. The van der Waals surface area contributed by atoms with Gasteiger partial charge in [0.25, 0.3) is 0 Å². The van der Waals surface area contributed by atoms with Gasteiger partial charge in [-0.15, -0.1) is 11.8 Å². The monoisotopic (exact) mass is 368 g/mol. The van der Waals surface area contributed by atoms with Crippen LogP contribution in [0.4, 0.5) is 5.88 Å². The van der Waals surface area contributed by atoms with Crippen LogP contribution < -0.4 is 5.32 Å². The van der Waals surface area contributed by atoms with E-state index in [4.69, 9.17) is 4.52 Å². The van der Waals surface area contributed by atoms with Crippen molar-refractivity contribution in [1.82, 2.24) is 5.16 Å². The van der Waals surface area contributed by atoms with Crippen molar-refractivity contribution in [3.8, 4) is 0 Å². The summed E-state index contributed by atoms with van der Waals surface area (Å²) in [4.78, 5) is 12.9. The fourth-order valence-electron chi connectivity index (χ4n) is 1.54. The zero-order chi connectivity index (χ0) is 15.5. The molecule has 0 radical (unpaired) electrons. The molecular weight excluding hydrogens is 352 g/mol.